The molecule has 1 N–H and O–H groups in total. The number of nitrogens with zero attached hydrogens (tertiary/aromatic N) is 3. The first-order chi connectivity index (χ1) is 9.75. The smallest absolute Gasteiger partial charge is 0.161 e. The Hall–Kier alpha value is -2.56. The quantitative estimate of drug-likeness (QED) is 0.788. The van der Waals surface area contributed by atoms with Crippen LogP contribution in [0.2, 0.25) is 0 Å². The number of aryl methyl sites for hydroxylation is 1. The van der Waals surface area contributed by atoms with Crippen LogP contribution >= 0.6 is 0 Å². The number of furan rings is 1. The first-order valence-corrected chi connectivity index (χ1v) is 6.51. The highest BCUT2D eigenvalue weighted by Crippen LogP contribution is 2.24. The summed E-state index contributed by atoms with van der Waals surface area (Å²) < 4.78 is 7.38. The molecule has 0 bridgehead atoms. The predicted octanol–water partition coefficient (Wildman–Crippen LogP) is 3.34. The van der Waals surface area contributed by atoms with Crippen LogP contribution in [0.1, 0.15) is 24.6 Å². The molecule has 0 fully saturated rings. The van der Waals surface area contributed by atoms with Gasteiger partial charge in [-0.15, -0.1) is 0 Å². The topological polar surface area (TPSA) is 55.9 Å². The number of hydrogen-bond acceptors (Lipinski definition) is 4. The van der Waals surface area contributed by atoms with Gasteiger partial charge in [0.1, 0.15) is 11.6 Å². The van der Waals surface area contributed by atoms with Crippen LogP contribution in [0, 0.1) is 6.92 Å². The molecule has 0 saturated carbocycles. The second-order valence-electron chi connectivity index (χ2n) is 4.60. The van der Waals surface area contributed by atoms with Gasteiger partial charge in [0, 0.05) is 18.6 Å². The van der Waals surface area contributed by atoms with E-state index >= 15 is 0 Å². The normalized spacial score (nSPS) is 12.3. The molecule has 0 aromatic carbocycles. The lowest BCUT2D eigenvalue weighted by Gasteiger charge is -2.16. The van der Waals surface area contributed by atoms with Gasteiger partial charge >= 0.3 is 0 Å². The summed E-state index contributed by atoms with van der Waals surface area (Å²) in [7, 11) is 0. The highest BCUT2D eigenvalue weighted by Gasteiger charge is 2.13. The van der Waals surface area contributed by atoms with Gasteiger partial charge in [-0.2, -0.15) is 0 Å². The molecule has 0 aliphatic heterocycles. The fourth-order valence-electron chi connectivity index (χ4n) is 2.15. The van der Waals surface area contributed by atoms with Gasteiger partial charge in [0.25, 0.3) is 0 Å². The maximum atomic E-state index is 5.42. The third-order valence-electron chi connectivity index (χ3n) is 3.18. The summed E-state index contributed by atoms with van der Waals surface area (Å²) in [6.07, 6.45) is 7.12. The van der Waals surface area contributed by atoms with Gasteiger partial charge in [-0.1, -0.05) is 0 Å². The van der Waals surface area contributed by atoms with Crippen molar-refractivity contribution < 1.29 is 4.42 Å². The van der Waals surface area contributed by atoms with Crippen molar-refractivity contribution in [1.82, 2.24) is 14.5 Å². The Morgan fingerprint density at radius 3 is 2.80 bits per heavy atom. The van der Waals surface area contributed by atoms with E-state index in [2.05, 4.69) is 22.2 Å². The Kier molecular flexibility index (Phi) is 3.25. The van der Waals surface area contributed by atoms with Crippen molar-refractivity contribution in [3.8, 4) is 5.82 Å². The first-order valence-electron chi connectivity index (χ1n) is 6.51. The van der Waals surface area contributed by atoms with Gasteiger partial charge in [-0.05, 0) is 38.1 Å². The monoisotopic (exact) mass is 268 g/mol. The van der Waals surface area contributed by atoms with Gasteiger partial charge in [-0.3, -0.25) is 4.57 Å². The minimum Gasteiger partial charge on any atom is -0.467 e. The number of anilines is 1. The number of imidazole rings is 1. The molecule has 0 amide bonds. The Labute approximate surface area is 117 Å². The zero-order chi connectivity index (χ0) is 13.9. The van der Waals surface area contributed by atoms with Crippen molar-refractivity contribution in [2.24, 2.45) is 0 Å². The van der Waals surface area contributed by atoms with Crippen molar-refractivity contribution >= 4 is 5.69 Å². The fourth-order valence-corrected chi connectivity index (χ4v) is 2.15. The Bertz CT molecular complexity index is 687. The van der Waals surface area contributed by atoms with Crippen LogP contribution in [0.5, 0.6) is 0 Å². The number of rotatable bonds is 4. The van der Waals surface area contributed by atoms with Crippen LogP contribution in [0.25, 0.3) is 5.82 Å². The maximum Gasteiger partial charge on any atom is 0.161 e. The summed E-state index contributed by atoms with van der Waals surface area (Å²) in [4.78, 5) is 8.69. The molecule has 20 heavy (non-hydrogen) atoms. The summed E-state index contributed by atoms with van der Waals surface area (Å²) in [5.41, 5.74) is 0.942. The SMILES string of the molecule is Cc1nccn1-c1ncccc1NC(C)c1ccco1. The molecule has 3 rings (SSSR count). The summed E-state index contributed by atoms with van der Waals surface area (Å²) in [5, 5.41) is 3.42. The van der Waals surface area contributed by atoms with Crippen molar-refractivity contribution in [2.75, 3.05) is 5.32 Å². The molecule has 0 saturated heterocycles. The van der Waals surface area contributed by atoms with Gasteiger partial charge in [0.05, 0.1) is 18.0 Å². The van der Waals surface area contributed by atoms with Crippen LogP contribution in [0.3, 0.4) is 0 Å². The highest BCUT2D eigenvalue weighted by molar-refractivity contribution is 5.57. The summed E-state index contributed by atoms with van der Waals surface area (Å²) in [6.45, 7) is 4.00. The predicted molar refractivity (Wildman–Crippen MR) is 76.8 cm³/mol. The molecule has 102 valence electrons. The van der Waals surface area contributed by atoms with E-state index in [0.717, 1.165) is 23.1 Å². The van der Waals surface area contributed by atoms with E-state index in [9.17, 15) is 0 Å². The van der Waals surface area contributed by atoms with Gasteiger partial charge in [-0.25, -0.2) is 9.97 Å². The second-order valence-corrected chi connectivity index (χ2v) is 4.60. The van der Waals surface area contributed by atoms with Gasteiger partial charge < -0.3 is 9.73 Å². The van der Waals surface area contributed by atoms with Crippen molar-refractivity contribution in [1.29, 1.82) is 0 Å². The Morgan fingerprint density at radius 1 is 1.20 bits per heavy atom. The first kappa shape index (κ1) is 12.5. The van der Waals surface area contributed by atoms with Crippen LogP contribution in [-0.2, 0) is 0 Å². The van der Waals surface area contributed by atoms with Gasteiger partial charge in [0.15, 0.2) is 5.82 Å². The van der Waals surface area contributed by atoms with E-state index in [-0.39, 0.29) is 6.04 Å². The lowest BCUT2D eigenvalue weighted by molar-refractivity contribution is 0.490. The average Bonchev–Trinajstić information content (AvgIpc) is 3.10. The van der Waals surface area contributed by atoms with Crippen LogP contribution in [0.4, 0.5) is 5.69 Å². The molecule has 5 heteroatoms. The molecule has 0 aliphatic rings. The van der Waals surface area contributed by atoms with E-state index < -0.39 is 0 Å². The van der Waals surface area contributed by atoms with Crippen LogP contribution in [0.15, 0.2) is 53.5 Å². The van der Waals surface area contributed by atoms with E-state index in [4.69, 9.17) is 4.42 Å². The summed E-state index contributed by atoms with van der Waals surface area (Å²) in [5.74, 6) is 2.63. The Morgan fingerprint density at radius 2 is 2.10 bits per heavy atom. The molecule has 0 spiro atoms. The zero-order valence-corrected chi connectivity index (χ0v) is 11.4. The van der Waals surface area contributed by atoms with E-state index in [1.807, 2.05) is 42.0 Å². The number of aromatic nitrogens is 3. The molecule has 3 heterocycles. The molecule has 5 nitrogen and oxygen atoms in total. The molecule has 0 radical (unpaired) electrons. The molecule has 0 aliphatic carbocycles. The number of hydrogen-bond donors (Lipinski definition) is 1. The molecular weight excluding hydrogens is 252 g/mol. The summed E-state index contributed by atoms with van der Waals surface area (Å²) >= 11 is 0. The van der Waals surface area contributed by atoms with Crippen molar-refractivity contribution in [3.63, 3.8) is 0 Å². The van der Waals surface area contributed by atoms with E-state index in [1.165, 1.54) is 0 Å². The number of nitrogens with one attached hydrogen (secondary N) is 1. The molecular formula is C15H16N4O. The molecule has 1 unspecified atom stereocenters. The average molecular weight is 268 g/mol. The van der Waals surface area contributed by atoms with E-state index in [1.54, 1.807) is 18.7 Å². The third kappa shape index (κ3) is 2.30. The zero-order valence-electron chi connectivity index (χ0n) is 11.4. The fraction of sp³-hybridized carbons (Fsp3) is 0.200. The highest BCUT2D eigenvalue weighted by atomic mass is 16.3. The van der Waals surface area contributed by atoms with Crippen LogP contribution < -0.4 is 5.32 Å². The minimum atomic E-state index is 0.0665. The van der Waals surface area contributed by atoms with Gasteiger partial charge in [0.2, 0.25) is 0 Å². The second kappa shape index (κ2) is 5.21. The minimum absolute atomic E-state index is 0.0665. The van der Waals surface area contributed by atoms with Crippen LogP contribution in [-0.4, -0.2) is 14.5 Å². The molecule has 3 aromatic rings. The number of pyridine rings is 1. The van der Waals surface area contributed by atoms with Crippen molar-refractivity contribution in [2.45, 2.75) is 19.9 Å². The molecule has 3 aromatic heterocycles. The molecule has 1 atom stereocenters. The maximum absolute atomic E-state index is 5.42. The lowest BCUT2D eigenvalue weighted by atomic mass is 10.2. The standard InChI is InChI=1S/C15H16N4O/c1-11(14-6-4-10-20-14)18-13-5-3-7-17-15(13)19-9-8-16-12(19)2/h3-11,18H,1-2H3. The van der Waals surface area contributed by atoms with Crippen molar-refractivity contribution in [3.05, 3.63) is 60.7 Å². The largest absolute Gasteiger partial charge is 0.467 e. The third-order valence-corrected chi connectivity index (χ3v) is 3.18. The Balaban J connectivity index is 1.93. The van der Waals surface area contributed by atoms with E-state index in [0.29, 0.717) is 0 Å². The summed E-state index contributed by atoms with van der Waals surface area (Å²) in [6, 6.07) is 7.82. The lowest BCUT2D eigenvalue weighted by Crippen LogP contribution is -2.10.